The van der Waals surface area contributed by atoms with Crippen molar-refractivity contribution in [1.82, 2.24) is 44.9 Å². The van der Waals surface area contributed by atoms with Gasteiger partial charge in [0.25, 0.3) is 0 Å². The van der Waals surface area contributed by atoms with Crippen LogP contribution < -0.4 is 20.9 Å². The molecule has 19 heteroatoms. The van der Waals surface area contributed by atoms with Gasteiger partial charge in [-0.25, -0.2) is 19.6 Å². The number of carbonyl (C=O) groups is 4. The molecule has 4 atom stereocenters. The number of aliphatic hydroxyl groups is 2. The Hall–Kier alpha value is -6.54. The summed E-state index contributed by atoms with van der Waals surface area (Å²) in [6.45, 7) is 25.0. The lowest BCUT2D eigenvalue weighted by Crippen LogP contribution is -2.46. The number of hydrogen-bond acceptors (Lipinski definition) is 12. The molecule has 4 aromatic carbocycles. The lowest BCUT2D eigenvalue weighted by molar-refractivity contribution is -0.133. The molecule has 4 amide bonds. The van der Waals surface area contributed by atoms with Crippen molar-refractivity contribution in [2.45, 2.75) is 219 Å². The van der Waals surface area contributed by atoms with E-state index in [0.29, 0.717) is 45.0 Å². The minimum atomic E-state index is -0.631. The fourth-order valence-electron chi connectivity index (χ4n) is 13.8. The molecule has 0 bridgehead atoms. The molecule has 4 fully saturated rings. The summed E-state index contributed by atoms with van der Waals surface area (Å²) in [5.41, 5.74) is 6.43. The number of unbranched alkanes of at least 4 members (excludes halogenated alkanes) is 2. The number of imidazole rings is 2. The van der Waals surface area contributed by atoms with Gasteiger partial charge in [0.15, 0.2) is 0 Å². The first-order valence-electron chi connectivity index (χ1n) is 35.6. The van der Waals surface area contributed by atoms with E-state index in [1.165, 1.54) is 29.6 Å². The summed E-state index contributed by atoms with van der Waals surface area (Å²) in [6, 6.07) is 32.4. The molecule has 18 nitrogen and oxygen atoms in total. The number of halogens is 1. The Labute approximate surface area is 574 Å². The van der Waals surface area contributed by atoms with Crippen LogP contribution in [-0.4, -0.2) is 152 Å². The minimum absolute atomic E-state index is 0.0501. The highest BCUT2D eigenvalue weighted by Crippen LogP contribution is 2.33. The van der Waals surface area contributed by atoms with E-state index >= 15 is 0 Å². The lowest BCUT2D eigenvalue weighted by Gasteiger charge is -2.34. The van der Waals surface area contributed by atoms with E-state index in [2.05, 4.69) is 120 Å². The van der Waals surface area contributed by atoms with Crippen LogP contribution in [0.25, 0.3) is 22.1 Å². The zero-order chi connectivity index (χ0) is 67.9. The molecule has 0 spiro atoms. The molecule has 4 saturated heterocycles. The predicted octanol–water partition coefficient (Wildman–Crippen LogP) is 13.9. The average molecular weight is 1370 g/mol. The van der Waals surface area contributed by atoms with Gasteiger partial charge in [-0.2, -0.15) is 0 Å². The van der Waals surface area contributed by atoms with Crippen molar-refractivity contribution >= 4 is 67.7 Å². The number of rotatable bonds is 23. The van der Waals surface area contributed by atoms with Gasteiger partial charge in [-0.1, -0.05) is 91.1 Å². The maximum Gasteiger partial charge on any atom is 0.407 e. The number of anilines is 1. The van der Waals surface area contributed by atoms with Gasteiger partial charge >= 0.3 is 12.2 Å². The van der Waals surface area contributed by atoms with E-state index in [0.717, 1.165) is 167 Å². The number of nitrogens with zero attached hydrogens (tertiary/aromatic N) is 7. The zero-order valence-electron chi connectivity index (χ0n) is 58.3. The van der Waals surface area contributed by atoms with Gasteiger partial charge in [0.2, 0.25) is 11.8 Å². The largest absolute Gasteiger partial charge is 0.444 e. The summed E-state index contributed by atoms with van der Waals surface area (Å²) in [5, 5.41) is 27.2. The summed E-state index contributed by atoms with van der Waals surface area (Å²) < 4.78 is 16.8. The monoisotopic (exact) mass is 1370 g/mol. The van der Waals surface area contributed by atoms with Gasteiger partial charge in [0.1, 0.15) is 22.9 Å². The highest BCUT2D eigenvalue weighted by atomic mass is 79.9. The number of aliphatic hydroxyl groups excluding tert-OH is 2. The van der Waals surface area contributed by atoms with Gasteiger partial charge in [-0.05, 0) is 216 Å². The van der Waals surface area contributed by atoms with E-state index in [-0.39, 0.29) is 49.1 Å². The molecular formula is C76H111BrN10O8. The van der Waals surface area contributed by atoms with Crippen molar-refractivity contribution in [2.75, 3.05) is 70.5 Å². The standard InChI is InChI=1S/C38H55N5O4.C31H41BrN4O3.C7H15NO/c1-5-6-21-43-34-12-8-7-11-33(34)40-36(43)30-10-9-20-42(27-30)35(45)26-31(39-37(46)47-38(2,3)4)25-29-13-15-32(16-14-29)41-22-17-28(18-23-41)19-24-44;1-5-6-18-36-27-12-8-7-11-26(27)34-29(36)23-10-9-17-35(21-23)28(37)20-25(33-30(38)39-31(2,3)4)19-22-13-15-24(32)16-14-22;9-6-3-7-1-4-8-5-2-7/h7-8,11-16,28,30-31,44H,5-6,9-10,17-27H2,1-4H3,(H,39,46);7-8,11-16,23,25H,5-6,9-10,17-21H2,1-4H3,(H,33,38);7-9H,1-6H2/t30-,31-;23-,25-;/m11./s1. The summed E-state index contributed by atoms with van der Waals surface area (Å²) in [6.07, 6.45) is 15.4. The van der Waals surface area contributed by atoms with Crippen LogP contribution >= 0.6 is 15.9 Å². The second-order valence-corrected chi connectivity index (χ2v) is 29.6. The third-order valence-electron chi connectivity index (χ3n) is 18.7. The molecular weight excluding hydrogens is 1260 g/mol. The predicted molar refractivity (Wildman–Crippen MR) is 384 cm³/mol. The first kappa shape index (κ1) is 74.3. The highest BCUT2D eigenvalue weighted by molar-refractivity contribution is 9.10. The molecule has 4 aliphatic rings. The van der Waals surface area contributed by atoms with Crippen molar-refractivity contribution in [1.29, 1.82) is 0 Å². The van der Waals surface area contributed by atoms with Crippen LogP contribution in [0.2, 0.25) is 0 Å². The third kappa shape index (κ3) is 23.3. The Morgan fingerprint density at radius 2 is 1.00 bits per heavy atom. The van der Waals surface area contributed by atoms with Crippen LogP contribution in [0.1, 0.15) is 193 Å². The van der Waals surface area contributed by atoms with Crippen molar-refractivity contribution < 1.29 is 38.9 Å². The van der Waals surface area contributed by atoms with Crippen LogP contribution in [0, 0.1) is 11.8 Å². The van der Waals surface area contributed by atoms with Crippen molar-refractivity contribution in [2.24, 2.45) is 11.8 Å². The number of nitrogens with one attached hydrogen (secondary N) is 3. The van der Waals surface area contributed by atoms with E-state index in [1.54, 1.807) is 0 Å². The number of ether oxygens (including phenoxy) is 2. The summed E-state index contributed by atoms with van der Waals surface area (Å²) in [4.78, 5) is 69.5. The van der Waals surface area contributed by atoms with Crippen LogP contribution in [0.15, 0.2) is 102 Å². The number of carbonyl (C=O) groups excluding carboxylic acids is 4. The number of alkyl carbamates (subject to hydrolysis) is 2. The fourth-order valence-corrected chi connectivity index (χ4v) is 14.0. The Morgan fingerprint density at radius 3 is 1.42 bits per heavy atom. The summed E-state index contributed by atoms with van der Waals surface area (Å²) >= 11 is 3.47. The first-order chi connectivity index (χ1) is 45.7. The van der Waals surface area contributed by atoms with Gasteiger partial charge in [-0.3, -0.25) is 9.59 Å². The molecule has 2 aromatic heterocycles. The number of aromatic nitrogens is 4. The molecule has 0 radical (unpaired) electrons. The Morgan fingerprint density at radius 1 is 0.579 bits per heavy atom. The van der Waals surface area contributed by atoms with Crippen LogP contribution in [0.4, 0.5) is 15.3 Å². The normalized spacial score (nSPS) is 18.1. The summed E-state index contributed by atoms with van der Waals surface area (Å²) in [7, 11) is 0. The molecule has 0 unspecified atom stereocenters. The van der Waals surface area contributed by atoms with Crippen LogP contribution in [0.5, 0.6) is 0 Å². The van der Waals surface area contributed by atoms with Gasteiger partial charge in [0, 0.05) is 112 Å². The number of hydrogen-bond donors (Lipinski definition) is 5. The van der Waals surface area contributed by atoms with E-state index in [4.69, 9.17) is 24.5 Å². The molecule has 0 aliphatic carbocycles. The van der Waals surface area contributed by atoms with E-state index < -0.39 is 29.4 Å². The topological polar surface area (TPSA) is 209 Å². The Kier molecular flexibility index (Phi) is 28.7. The first-order valence-corrected chi connectivity index (χ1v) is 36.4. The van der Waals surface area contributed by atoms with Gasteiger partial charge < -0.3 is 59.5 Å². The number of fused-ring (bicyclic) bond motifs is 2. The van der Waals surface area contributed by atoms with Gasteiger partial charge in [0.05, 0.1) is 22.1 Å². The summed E-state index contributed by atoms with van der Waals surface area (Å²) in [5.74, 6) is 4.02. The number of piperidine rings is 4. The number of para-hydroxylation sites is 4. The second-order valence-electron chi connectivity index (χ2n) is 28.7. The van der Waals surface area contributed by atoms with Crippen molar-refractivity contribution in [3.63, 3.8) is 0 Å². The quantitative estimate of drug-likeness (QED) is 0.0406. The average Bonchev–Trinajstić information content (AvgIpc) is 1.68. The molecule has 95 heavy (non-hydrogen) atoms. The lowest BCUT2D eigenvalue weighted by atomic mass is 9.93. The number of likely N-dealkylation sites (tertiary alicyclic amines) is 2. The molecule has 4 aliphatic heterocycles. The molecule has 6 aromatic rings. The van der Waals surface area contributed by atoms with Crippen LogP contribution in [0.3, 0.4) is 0 Å². The molecule has 0 saturated carbocycles. The molecule has 5 N–H and O–H groups in total. The van der Waals surface area contributed by atoms with Crippen LogP contribution in [-0.2, 0) is 45.0 Å². The molecule has 10 rings (SSSR count). The minimum Gasteiger partial charge on any atom is -0.444 e. The Balaban J connectivity index is 0.000000217. The molecule has 6 heterocycles. The molecule has 520 valence electrons. The second kappa shape index (κ2) is 36.7. The third-order valence-corrected chi connectivity index (χ3v) is 19.3. The van der Waals surface area contributed by atoms with Gasteiger partial charge in [-0.15, -0.1) is 0 Å². The maximum atomic E-state index is 13.9. The number of aryl methyl sites for hydroxylation is 2. The smallest absolute Gasteiger partial charge is 0.407 e. The number of benzene rings is 4. The number of amides is 4. The van der Waals surface area contributed by atoms with E-state index in [1.807, 2.05) is 87.7 Å². The maximum absolute atomic E-state index is 13.9. The SMILES string of the molecule is CCCCn1c([C@@H]2CCCN(C(=O)C[C@@H](Cc3ccc(Br)cc3)NC(=O)OC(C)(C)C)C2)nc2ccccc21.CCCCn1c([C@@H]2CCCN(C(=O)C[C@@H](Cc3ccc(N4CCC(CCO)CC4)cc3)NC(=O)OC(C)(C)C)C2)nc2ccccc21.OCCC1CCNCC1. The Bertz CT molecular complexity index is 3320. The van der Waals surface area contributed by atoms with Crippen molar-refractivity contribution in [3.8, 4) is 0 Å². The highest BCUT2D eigenvalue weighted by Gasteiger charge is 2.33. The fraction of sp³-hybridized carbons (Fsp3) is 0.605. The van der Waals surface area contributed by atoms with E-state index in [9.17, 15) is 24.3 Å². The zero-order valence-corrected chi connectivity index (χ0v) is 59.9. The van der Waals surface area contributed by atoms with Crippen molar-refractivity contribution in [3.05, 3.63) is 124 Å².